The average molecular weight is 382 g/mol. The Balaban J connectivity index is 0.000000855. The highest BCUT2D eigenvalue weighted by Crippen LogP contribution is 2.25. The lowest BCUT2D eigenvalue weighted by Gasteiger charge is -2.41. The van der Waals surface area contributed by atoms with Crippen molar-refractivity contribution in [1.29, 1.82) is 0 Å². The van der Waals surface area contributed by atoms with E-state index in [0.717, 1.165) is 45.4 Å². The van der Waals surface area contributed by atoms with E-state index in [4.69, 9.17) is 0 Å². The molecule has 0 aromatic rings. The molecule has 1 aliphatic carbocycles. The number of rotatable bonds is 3. The lowest BCUT2D eigenvalue weighted by Crippen LogP contribution is -2.56. The normalized spacial score (nSPS) is 24.3. The van der Waals surface area contributed by atoms with Gasteiger partial charge in [-0.25, -0.2) is 0 Å². The topological polar surface area (TPSA) is 43.9 Å². The van der Waals surface area contributed by atoms with Crippen molar-refractivity contribution in [2.45, 2.75) is 92.2 Å². The van der Waals surface area contributed by atoms with Crippen molar-refractivity contribution in [2.24, 2.45) is 5.92 Å². The molecule has 3 aliphatic rings. The minimum atomic E-state index is 0.0893. The molecule has 0 spiro atoms. The van der Waals surface area contributed by atoms with Crippen molar-refractivity contribution in [3.63, 3.8) is 0 Å². The van der Waals surface area contributed by atoms with Gasteiger partial charge in [0.2, 0.25) is 11.8 Å². The SMILES string of the molecule is CC.CC.CC(C)N1CCC(C(=O)N2CCN(C3CCCCC3)C(=O)C2)C1. The minimum Gasteiger partial charge on any atom is -0.336 e. The maximum absolute atomic E-state index is 12.7. The van der Waals surface area contributed by atoms with Crippen molar-refractivity contribution >= 4 is 11.8 Å². The van der Waals surface area contributed by atoms with E-state index < -0.39 is 0 Å². The average Bonchev–Trinajstić information content (AvgIpc) is 3.22. The van der Waals surface area contributed by atoms with E-state index in [1.807, 2.05) is 32.6 Å². The van der Waals surface area contributed by atoms with Crippen LogP contribution < -0.4 is 0 Å². The molecule has 2 saturated heterocycles. The Hall–Kier alpha value is -1.10. The standard InChI is InChI=1S/C18H31N3O2.2C2H6/c1-14(2)19-9-8-15(12-19)18(23)20-10-11-21(17(22)13-20)16-6-4-3-5-7-16;2*1-2/h14-16H,3-13H2,1-2H3;2*1-2H3. The zero-order valence-electron chi connectivity index (χ0n) is 18.7. The Bertz CT molecular complexity index is 447. The molecule has 0 aromatic carbocycles. The molecule has 0 aromatic heterocycles. The van der Waals surface area contributed by atoms with Crippen molar-refractivity contribution in [3.05, 3.63) is 0 Å². The first-order valence-electron chi connectivity index (χ1n) is 11.4. The van der Waals surface area contributed by atoms with E-state index in [0.29, 0.717) is 18.6 Å². The summed E-state index contributed by atoms with van der Waals surface area (Å²) >= 11 is 0. The van der Waals surface area contributed by atoms with E-state index in [2.05, 4.69) is 23.6 Å². The number of hydrogen-bond donors (Lipinski definition) is 0. The number of hydrogen-bond acceptors (Lipinski definition) is 3. The molecule has 1 saturated carbocycles. The van der Waals surface area contributed by atoms with Gasteiger partial charge in [0.1, 0.15) is 0 Å². The Morgan fingerprint density at radius 2 is 1.56 bits per heavy atom. The molecule has 3 fully saturated rings. The highest BCUT2D eigenvalue weighted by atomic mass is 16.2. The number of nitrogens with zero attached hydrogens (tertiary/aromatic N) is 3. The highest BCUT2D eigenvalue weighted by molar-refractivity contribution is 5.87. The zero-order chi connectivity index (χ0) is 20.4. The van der Waals surface area contributed by atoms with Crippen molar-refractivity contribution in [1.82, 2.24) is 14.7 Å². The van der Waals surface area contributed by atoms with E-state index in [1.54, 1.807) is 0 Å². The fraction of sp³-hybridized carbons (Fsp3) is 0.909. The molecule has 3 rings (SSSR count). The second-order valence-electron chi connectivity index (χ2n) is 7.71. The van der Waals surface area contributed by atoms with Crippen molar-refractivity contribution in [3.8, 4) is 0 Å². The van der Waals surface area contributed by atoms with Crippen LogP contribution in [0.15, 0.2) is 0 Å². The van der Waals surface area contributed by atoms with E-state index >= 15 is 0 Å². The molecule has 5 nitrogen and oxygen atoms in total. The van der Waals surface area contributed by atoms with Crippen molar-refractivity contribution < 1.29 is 9.59 Å². The summed E-state index contributed by atoms with van der Waals surface area (Å²) in [5, 5.41) is 0. The smallest absolute Gasteiger partial charge is 0.242 e. The van der Waals surface area contributed by atoms with Gasteiger partial charge >= 0.3 is 0 Å². The maximum atomic E-state index is 12.7. The molecule has 0 radical (unpaired) electrons. The summed E-state index contributed by atoms with van der Waals surface area (Å²) in [6.45, 7) is 16.0. The van der Waals surface area contributed by atoms with Gasteiger partial charge in [0.25, 0.3) is 0 Å². The molecule has 5 heteroatoms. The highest BCUT2D eigenvalue weighted by Gasteiger charge is 2.37. The molecule has 2 aliphatic heterocycles. The molecule has 0 bridgehead atoms. The number of piperazine rings is 1. The van der Waals surface area contributed by atoms with Gasteiger partial charge in [-0.15, -0.1) is 0 Å². The van der Waals surface area contributed by atoms with Crippen LogP contribution in [0.25, 0.3) is 0 Å². The first kappa shape index (κ1) is 23.9. The summed E-state index contributed by atoms with van der Waals surface area (Å²) in [4.78, 5) is 31.5. The van der Waals surface area contributed by atoms with Gasteiger partial charge in [0.15, 0.2) is 0 Å². The Labute approximate surface area is 167 Å². The molecule has 158 valence electrons. The summed E-state index contributed by atoms with van der Waals surface area (Å²) in [6.07, 6.45) is 7.01. The van der Waals surface area contributed by atoms with Crippen LogP contribution in [-0.4, -0.2) is 71.3 Å². The van der Waals surface area contributed by atoms with Crippen molar-refractivity contribution in [2.75, 3.05) is 32.7 Å². The monoisotopic (exact) mass is 381 g/mol. The lowest BCUT2D eigenvalue weighted by atomic mass is 9.93. The molecule has 27 heavy (non-hydrogen) atoms. The predicted octanol–water partition coefficient (Wildman–Crippen LogP) is 3.77. The third-order valence-electron chi connectivity index (χ3n) is 5.88. The van der Waals surface area contributed by atoms with Crippen LogP contribution >= 0.6 is 0 Å². The van der Waals surface area contributed by atoms with Crippen LogP contribution in [0.5, 0.6) is 0 Å². The first-order valence-corrected chi connectivity index (χ1v) is 11.4. The van der Waals surface area contributed by atoms with Gasteiger partial charge in [-0.1, -0.05) is 47.0 Å². The summed E-state index contributed by atoms with van der Waals surface area (Å²) in [5.74, 6) is 0.450. The number of likely N-dealkylation sites (tertiary alicyclic amines) is 1. The quantitative estimate of drug-likeness (QED) is 0.747. The Kier molecular flexibility index (Phi) is 11.0. The van der Waals surface area contributed by atoms with Crippen LogP contribution in [-0.2, 0) is 9.59 Å². The second kappa shape index (κ2) is 12.4. The van der Waals surface area contributed by atoms with Gasteiger partial charge in [0, 0.05) is 31.7 Å². The molecule has 1 unspecified atom stereocenters. The van der Waals surface area contributed by atoms with Gasteiger partial charge < -0.3 is 14.7 Å². The zero-order valence-corrected chi connectivity index (χ0v) is 18.7. The molecule has 2 amide bonds. The summed E-state index contributed by atoms with van der Waals surface area (Å²) in [6, 6.07) is 0.925. The Morgan fingerprint density at radius 3 is 2.07 bits per heavy atom. The molecular formula is C22H43N3O2. The third kappa shape index (κ3) is 6.48. The van der Waals surface area contributed by atoms with Crippen LogP contribution in [0.2, 0.25) is 0 Å². The van der Waals surface area contributed by atoms with Gasteiger partial charge in [-0.2, -0.15) is 0 Å². The van der Waals surface area contributed by atoms with E-state index in [9.17, 15) is 9.59 Å². The van der Waals surface area contributed by atoms with Crippen LogP contribution in [0.3, 0.4) is 0 Å². The molecule has 1 atom stereocenters. The maximum Gasteiger partial charge on any atom is 0.242 e. The van der Waals surface area contributed by atoms with Crippen LogP contribution in [0.1, 0.15) is 80.1 Å². The second-order valence-corrected chi connectivity index (χ2v) is 7.71. The number of carbonyl (C=O) groups is 2. The van der Waals surface area contributed by atoms with E-state index in [-0.39, 0.29) is 17.7 Å². The number of carbonyl (C=O) groups excluding carboxylic acids is 2. The Morgan fingerprint density at radius 1 is 0.926 bits per heavy atom. The van der Waals surface area contributed by atoms with Gasteiger partial charge in [-0.3, -0.25) is 9.59 Å². The lowest BCUT2D eigenvalue weighted by molar-refractivity contribution is -0.149. The van der Waals surface area contributed by atoms with Crippen LogP contribution in [0.4, 0.5) is 0 Å². The molecule has 2 heterocycles. The number of amides is 2. The fourth-order valence-electron chi connectivity index (χ4n) is 4.37. The summed E-state index contributed by atoms with van der Waals surface area (Å²) in [5.41, 5.74) is 0. The first-order chi connectivity index (χ1) is 13.1. The van der Waals surface area contributed by atoms with Crippen LogP contribution in [0, 0.1) is 5.92 Å². The molecule has 0 N–H and O–H groups in total. The largest absolute Gasteiger partial charge is 0.336 e. The van der Waals surface area contributed by atoms with Gasteiger partial charge in [0.05, 0.1) is 12.5 Å². The predicted molar refractivity (Wildman–Crippen MR) is 113 cm³/mol. The van der Waals surface area contributed by atoms with Gasteiger partial charge in [-0.05, 0) is 39.7 Å². The minimum absolute atomic E-state index is 0.0893. The van der Waals surface area contributed by atoms with E-state index in [1.165, 1.54) is 19.3 Å². The fourth-order valence-corrected chi connectivity index (χ4v) is 4.37. The third-order valence-corrected chi connectivity index (χ3v) is 5.88. The molecular weight excluding hydrogens is 338 g/mol. The summed E-state index contributed by atoms with van der Waals surface area (Å²) < 4.78 is 0. The summed E-state index contributed by atoms with van der Waals surface area (Å²) in [7, 11) is 0.